The van der Waals surface area contributed by atoms with Crippen LogP contribution in [0.25, 0.3) is 0 Å². The summed E-state index contributed by atoms with van der Waals surface area (Å²) in [6.45, 7) is 2.74. The van der Waals surface area contributed by atoms with Gasteiger partial charge in [0.2, 0.25) is 5.91 Å². The van der Waals surface area contributed by atoms with Crippen LogP contribution in [0.5, 0.6) is 0 Å². The van der Waals surface area contributed by atoms with E-state index in [1.807, 2.05) is 12.3 Å². The molecule has 2 rings (SSSR count). The number of nitrogens with zero attached hydrogens (tertiary/aromatic N) is 3. The van der Waals surface area contributed by atoms with Gasteiger partial charge in [-0.3, -0.25) is 9.48 Å². The first-order valence-electron chi connectivity index (χ1n) is 5.60. The van der Waals surface area contributed by atoms with E-state index >= 15 is 0 Å². The zero-order chi connectivity index (χ0) is 13.0. The van der Waals surface area contributed by atoms with Crippen molar-refractivity contribution in [3.05, 3.63) is 28.3 Å². The Hall–Kier alpha value is -1.89. The SMILES string of the molecule is Cc1nc(CCNC(=O)Cn2ccc(N)n2)cs1. The average molecular weight is 265 g/mol. The summed E-state index contributed by atoms with van der Waals surface area (Å²) in [5.41, 5.74) is 6.48. The van der Waals surface area contributed by atoms with Crippen molar-refractivity contribution in [2.24, 2.45) is 0 Å². The standard InChI is InChI=1S/C11H15N5OS/c1-8-14-9(7-18-8)2-4-13-11(17)6-16-5-3-10(12)15-16/h3,5,7H,2,4,6H2,1H3,(H2,12,15)(H,13,17). The van der Waals surface area contributed by atoms with E-state index in [0.29, 0.717) is 12.4 Å². The fourth-order valence-corrected chi connectivity index (χ4v) is 2.17. The lowest BCUT2D eigenvalue weighted by molar-refractivity contribution is -0.121. The molecule has 2 heterocycles. The fourth-order valence-electron chi connectivity index (χ4n) is 1.52. The topological polar surface area (TPSA) is 85.8 Å². The summed E-state index contributed by atoms with van der Waals surface area (Å²) in [6, 6.07) is 1.66. The van der Waals surface area contributed by atoms with Gasteiger partial charge in [0.05, 0.1) is 10.7 Å². The molecule has 0 aliphatic rings. The number of carbonyl (C=O) groups is 1. The van der Waals surface area contributed by atoms with Crippen LogP contribution in [0.15, 0.2) is 17.6 Å². The van der Waals surface area contributed by atoms with Crippen molar-refractivity contribution in [1.82, 2.24) is 20.1 Å². The van der Waals surface area contributed by atoms with E-state index in [-0.39, 0.29) is 12.5 Å². The number of aryl methyl sites for hydroxylation is 1. The minimum atomic E-state index is -0.0787. The Balaban J connectivity index is 1.72. The van der Waals surface area contributed by atoms with E-state index in [2.05, 4.69) is 15.4 Å². The number of nitrogen functional groups attached to an aromatic ring is 1. The highest BCUT2D eigenvalue weighted by atomic mass is 32.1. The van der Waals surface area contributed by atoms with Crippen molar-refractivity contribution in [3.63, 3.8) is 0 Å². The number of hydrogen-bond donors (Lipinski definition) is 2. The van der Waals surface area contributed by atoms with Gasteiger partial charge in [-0.2, -0.15) is 5.10 Å². The molecule has 0 aromatic carbocycles. The molecule has 2 aromatic rings. The maximum absolute atomic E-state index is 11.6. The first kappa shape index (κ1) is 12.6. The van der Waals surface area contributed by atoms with E-state index in [0.717, 1.165) is 17.1 Å². The van der Waals surface area contributed by atoms with Crippen molar-refractivity contribution >= 4 is 23.1 Å². The van der Waals surface area contributed by atoms with E-state index in [1.165, 1.54) is 4.68 Å². The summed E-state index contributed by atoms with van der Waals surface area (Å²) in [6.07, 6.45) is 2.43. The number of nitrogens with two attached hydrogens (primary N) is 1. The highest BCUT2D eigenvalue weighted by molar-refractivity contribution is 7.09. The Bertz CT molecular complexity index is 533. The molecule has 7 heteroatoms. The third-order valence-electron chi connectivity index (χ3n) is 2.34. The second kappa shape index (κ2) is 5.63. The van der Waals surface area contributed by atoms with Crippen LogP contribution in [-0.2, 0) is 17.8 Å². The van der Waals surface area contributed by atoms with Crippen LogP contribution in [0.2, 0.25) is 0 Å². The van der Waals surface area contributed by atoms with Crippen molar-refractivity contribution in [2.75, 3.05) is 12.3 Å². The van der Waals surface area contributed by atoms with Crippen LogP contribution in [-0.4, -0.2) is 27.2 Å². The highest BCUT2D eigenvalue weighted by Gasteiger charge is 2.04. The van der Waals surface area contributed by atoms with Gasteiger partial charge in [-0.05, 0) is 13.0 Å². The molecule has 0 saturated heterocycles. The smallest absolute Gasteiger partial charge is 0.241 e. The number of carbonyl (C=O) groups excluding carboxylic acids is 1. The third-order valence-corrected chi connectivity index (χ3v) is 3.16. The first-order valence-corrected chi connectivity index (χ1v) is 6.48. The minimum Gasteiger partial charge on any atom is -0.382 e. The predicted octanol–water partition coefficient (Wildman–Crippen LogP) is 0.589. The monoisotopic (exact) mass is 265 g/mol. The van der Waals surface area contributed by atoms with Crippen LogP contribution in [0.4, 0.5) is 5.82 Å². The van der Waals surface area contributed by atoms with Gasteiger partial charge in [0.15, 0.2) is 0 Å². The van der Waals surface area contributed by atoms with Gasteiger partial charge in [0, 0.05) is 24.5 Å². The molecule has 0 radical (unpaired) electrons. The molecule has 0 aliphatic heterocycles. The Morgan fingerprint density at radius 3 is 3.06 bits per heavy atom. The average Bonchev–Trinajstić information content (AvgIpc) is 2.88. The number of rotatable bonds is 5. The molecular formula is C11H15N5OS. The normalized spacial score (nSPS) is 10.5. The summed E-state index contributed by atoms with van der Waals surface area (Å²) in [7, 11) is 0. The second-order valence-corrected chi connectivity index (χ2v) is 4.96. The Labute approximate surface area is 109 Å². The van der Waals surface area contributed by atoms with Crippen molar-refractivity contribution < 1.29 is 4.79 Å². The zero-order valence-electron chi connectivity index (χ0n) is 10.1. The molecule has 2 aromatic heterocycles. The van der Waals surface area contributed by atoms with Crippen LogP contribution >= 0.6 is 11.3 Å². The van der Waals surface area contributed by atoms with Gasteiger partial charge < -0.3 is 11.1 Å². The number of thiazole rings is 1. The molecule has 0 aliphatic carbocycles. The van der Waals surface area contributed by atoms with Crippen LogP contribution in [0.1, 0.15) is 10.7 Å². The summed E-state index contributed by atoms with van der Waals surface area (Å²) >= 11 is 1.62. The van der Waals surface area contributed by atoms with E-state index in [9.17, 15) is 4.79 Å². The van der Waals surface area contributed by atoms with E-state index in [1.54, 1.807) is 23.6 Å². The molecule has 0 atom stereocenters. The predicted molar refractivity (Wildman–Crippen MR) is 70.2 cm³/mol. The van der Waals surface area contributed by atoms with Crippen molar-refractivity contribution in [1.29, 1.82) is 0 Å². The van der Waals surface area contributed by atoms with Gasteiger partial charge in [0.25, 0.3) is 0 Å². The lowest BCUT2D eigenvalue weighted by Gasteiger charge is -2.04. The second-order valence-electron chi connectivity index (χ2n) is 3.90. The molecule has 3 N–H and O–H groups in total. The molecular weight excluding hydrogens is 250 g/mol. The molecule has 0 bridgehead atoms. The number of nitrogens with one attached hydrogen (secondary N) is 1. The van der Waals surface area contributed by atoms with Crippen LogP contribution in [0, 0.1) is 6.92 Å². The van der Waals surface area contributed by atoms with Gasteiger partial charge >= 0.3 is 0 Å². The number of amides is 1. The summed E-state index contributed by atoms with van der Waals surface area (Å²) < 4.78 is 1.51. The lowest BCUT2D eigenvalue weighted by atomic mass is 10.3. The van der Waals surface area contributed by atoms with E-state index < -0.39 is 0 Å². The fraction of sp³-hybridized carbons (Fsp3) is 0.364. The molecule has 6 nitrogen and oxygen atoms in total. The van der Waals surface area contributed by atoms with Gasteiger partial charge in [-0.1, -0.05) is 0 Å². The van der Waals surface area contributed by atoms with Crippen LogP contribution in [0.3, 0.4) is 0 Å². The maximum atomic E-state index is 11.6. The summed E-state index contributed by atoms with van der Waals surface area (Å²) in [5, 5.41) is 9.82. The quantitative estimate of drug-likeness (QED) is 0.828. The summed E-state index contributed by atoms with van der Waals surface area (Å²) in [4.78, 5) is 15.9. The van der Waals surface area contributed by atoms with Crippen molar-refractivity contribution in [3.8, 4) is 0 Å². The maximum Gasteiger partial charge on any atom is 0.241 e. The molecule has 96 valence electrons. The molecule has 0 saturated carbocycles. The van der Waals surface area contributed by atoms with E-state index in [4.69, 9.17) is 5.73 Å². The van der Waals surface area contributed by atoms with Gasteiger partial charge in [0.1, 0.15) is 12.4 Å². The minimum absolute atomic E-state index is 0.0787. The van der Waals surface area contributed by atoms with Gasteiger partial charge in [-0.25, -0.2) is 4.98 Å². The molecule has 0 fully saturated rings. The molecule has 0 unspecified atom stereocenters. The Morgan fingerprint density at radius 1 is 1.61 bits per heavy atom. The Morgan fingerprint density at radius 2 is 2.44 bits per heavy atom. The van der Waals surface area contributed by atoms with Gasteiger partial charge in [-0.15, -0.1) is 11.3 Å². The van der Waals surface area contributed by atoms with Crippen molar-refractivity contribution in [2.45, 2.75) is 19.9 Å². The zero-order valence-corrected chi connectivity index (χ0v) is 10.9. The number of aromatic nitrogens is 3. The van der Waals surface area contributed by atoms with Crippen LogP contribution < -0.4 is 11.1 Å². The molecule has 18 heavy (non-hydrogen) atoms. The first-order chi connectivity index (χ1) is 8.63. The molecule has 1 amide bonds. The molecule has 0 spiro atoms. The Kier molecular flexibility index (Phi) is 3.93. The summed E-state index contributed by atoms with van der Waals surface area (Å²) in [5.74, 6) is 0.339. The largest absolute Gasteiger partial charge is 0.382 e. The lowest BCUT2D eigenvalue weighted by Crippen LogP contribution is -2.29. The highest BCUT2D eigenvalue weighted by Crippen LogP contribution is 2.07. The third kappa shape index (κ3) is 3.56. The number of anilines is 1. The number of hydrogen-bond acceptors (Lipinski definition) is 5.